The SMILES string of the molecule is COc1cc(NC(=O)C(C)Sc2nnc(Nc3cccc(Br)c3)s2)cc(OC)c1. The first-order valence-corrected chi connectivity index (χ1v) is 11.0. The van der Waals surface area contributed by atoms with E-state index < -0.39 is 0 Å². The zero-order chi connectivity index (χ0) is 20.8. The Kier molecular flexibility index (Phi) is 7.34. The number of nitrogens with zero attached hydrogens (tertiary/aromatic N) is 2. The van der Waals surface area contributed by atoms with E-state index in [2.05, 4.69) is 36.8 Å². The van der Waals surface area contributed by atoms with Crippen LogP contribution in [-0.2, 0) is 4.79 Å². The molecule has 0 radical (unpaired) electrons. The van der Waals surface area contributed by atoms with Gasteiger partial charge in [-0.2, -0.15) is 0 Å². The maximum Gasteiger partial charge on any atom is 0.237 e. The minimum atomic E-state index is -0.362. The number of halogens is 1. The Bertz CT molecular complexity index is 977. The Morgan fingerprint density at radius 3 is 2.48 bits per heavy atom. The van der Waals surface area contributed by atoms with Crippen molar-refractivity contribution in [3.8, 4) is 11.5 Å². The number of carbonyl (C=O) groups is 1. The number of methoxy groups -OCH3 is 2. The van der Waals surface area contributed by atoms with Crippen molar-refractivity contribution in [2.75, 3.05) is 24.9 Å². The van der Waals surface area contributed by atoms with Gasteiger partial charge in [0.15, 0.2) is 4.34 Å². The van der Waals surface area contributed by atoms with Crippen LogP contribution in [0.3, 0.4) is 0 Å². The quantitative estimate of drug-likeness (QED) is 0.417. The van der Waals surface area contributed by atoms with Gasteiger partial charge in [-0.15, -0.1) is 10.2 Å². The monoisotopic (exact) mass is 494 g/mol. The van der Waals surface area contributed by atoms with Gasteiger partial charge in [-0.3, -0.25) is 4.79 Å². The van der Waals surface area contributed by atoms with E-state index in [4.69, 9.17) is 9.47 Å². The summed E-state index contributed by atoms with van der Waals surface area (Å²) >= 11 is 6.18. The lowest BCUT2D eigenvalue weighted by Gasteiger charge is -2.12. The highest BCUT2D eigenvalue weighted by Gasteiger charge is 2.18. The van der Waals surface area contributed by atoms with E-state index in [0.29, 0.717) is 26.7 Å². The average molecular weight is 495 g/mol. The van der Waals surface area contributed by atoms with E-state index in [1.54, 1.807) is 32.4 Å². The van der Waals surface area contributed by atoms with Gasteiger partial charge in [-0.1, -0.05) is 45.1 Å². The number of amides is 1. The van der Waals surface area contributed by atoms with Crippen molar-refractivity contribution in [1.29, 1.82) is 0 Å². The summed E-state index contributed by atoms with van der Waals surface area (Å²) in [6.45, 7) is 1.82. The molecule has 2 aromatic carbocycles. The van der Waals surface area contributed by atoms with Gasteiger partial charge in [0, 0.05) is 34.0 Å². The molecule has 0 fully saturated rings. The van der Waals surface area contributed by atoms with Crippen LogP contribution in [0, 0.1) is 0 Å². The molecule has 152 valence electrons. The number of nitrogens with one attached hydrogen (secondary N) is 2. The van der Waals surface area contributed by atoms with Crippen LogP contribution in [0.5, 0.6) is 11.5 Å². The van der Waals surface area contributed by atoms with Crippen LogP contribution >= 0.6 is 39.0 Å². The molecule has 0 saturated heterocycles. The lowest BCUT2D eigenvalue weighted by molar-refractivity contribution is -0.115. The van der Waals surface area contributed by atoms with Gasteiger partial charge in [-0.25, -0.2) is 0 Å². The highest BCUT2D eigenvalue weighted by atomic mass is 79.9. The Morgan fingerprint density at radius 2 is 1.83 bits per heavy atom. The fraction of sp³-hybridized carbons (Fsp3) is 0.211. The number of rotatable bonds is 8. The van der Waals surface area contributed by atoms with Crippen LogP contribution < -0.4 is 20.1 Å². The number of aromatic nitrogens is 2. The van der Waals surface area contributed by atoms with Crippen molar-refractivity contribution in [2.45, 2.75) is 16.5 Å². The summed E-state index contributed by atoms with van der Waals surface area (Å²) in [5.74, 6) is 1.06. The third kappa shape index (κ3) is 6.09. The lowest BCUT2D eigenvalue weighted by atomic mass is 10.2. The summed E-state index contributed by atoms with van der Waals surface area (Å²) < 4.78 is 12.1. The minimum Gasteiger partial charge on any atom is -0.497 e. The number of thioether (sulfide) groups is 1. The topological polar surface area (TPSA) is 85.4 Å². The Balaban J connectivity index is 1.61. The highest BCUT2D eigenvalue weighted by Crippen LogP contribution is 2.32. The molecule has 3 rings (SSSR count). The number of benzene rings is 2. The maximum absolute atomic E-state index is 12.6. The molecule has 2 N–H and O–H groups in total. The summed E-state index contributed by atoms with van der Waals surface area (Å²) in [5.41, 5.74) is 1.51. The molecule has 0 bridgehead atoms. The van der Waals surface area contributed by atoms with Crippen LogP contribution in [0.15, 0.2) is 51.3 Å². The summed E-state index contributed by atoms with van der Waals surface area (Å²) in [5, 5.41) is 14.7. The molecule has 1 atom stereocenters. The number of carbonyl (C=O) groups excluding carboxylic acids is 1. The van der Waals surface area contributed by atoms with Crippen molar-refractivity contribution in [3.63, 3.8) is 0 Å². The lowest BCUT2D eigenvalue weighted by Crippen LogP contribution is -2.22. The molecule has 0 aliphatic heterocycles. The summed E-state index contributed by atoms with van der Waals surface area (Å²) in [7, 11) is 3.13. The van der Waals surface area contributed by atoms with Gasteiger partial charge in [-0.05, 0) is 25.1 Å². The standard InChI is InChI=1S/C19H19BrN4O3S2/c1-11(17(25)21-14-8-15(26-2)10-16(9-14)27-3)28-19-24-23-18(29-19)22-13-6-4-5-12(20)7-13/h4-11H,1-3H3,(H,21,25)(H,22,23). The van der Waals surface area contributed by atoms with Crippen LogP contribution in [0.25, 0.3) is 0 Å². The van der Waals surface area contributed by atoms with E-state index in [-0.39, 0.29) is 11.2 Å². The molecule has 0 saturated carbocycles. The fourth-order valence-corrected chi connectivity index (χ4v) is 4.64. The van der Waals surface area contributed by atoms with E-state index in [9.17, 15) is 4.79 Å². The van der Waals surface area contributed by atoms with Gasteiger partial charge in [0.2, 0.25) is 11.0 Å². The molecular weight excluding hydrogens is 476 g/mol. The largest absolute Gasteiger partial charge is 0.497 e. The third-order valence-electron chi connectivity index (χ3n) is 3.75. The first-order chi connectivity index (χ1) is 14.0. The predicted molar refractivity (Wildman–Crippen MR) is 121 cm³/mol. The van der Waals surface area contributed by atoms with E-state index >= 15 is 0 Å². The summed E-state index contributed by atoms with van der Waals surface area (Å²) in [6, 6.07) is 13.0. The molecule has 1 amide bonds. The van der Waals surface area contributed by atoms with Gasteiger partial charge < -0.3 is 20.1 Å². The molecule has 1 aromatic heterocycles. The molecule has 7 nitrogen and oxygen atoms in total. The molecule has 1 heterocycles. The number of anilines is 3. The predicted octanol–water partition coefficient (Wildman–Crippen LogP) is 5.18. The zero-order valence-corrected chi connectivity index (χ0v) is 19.2. The van der Waals surface area contributed by atoms with Gasteiger partial charge in [0.05, 0.1) is 19.5 Å². The van der Waals surface area contributed by atoms with Crippen molar-refractivity contribution < 1.29 is 14.3 Å². The van der Waals surface area contributed by atoms with Gasteiger partial charge in [0.1, 0.15) is 11.5 Å². The number of hydrogen-bond donors (Lipinski definition) is 2. The van der Waals surface area contributed by atoms with Crippen LogP contribution in [0.4, 0.5) is 16.5 Å². The molecule has 3 aromatic rings. The smallest absolute Gasteiger partial charge is 0.237 e. The molecular formula is C19H19BrN4O3S2. The second-order valence-corrected chi connectivity index (χ2v) is 9.34. The van der Waals surface area contributed by atoms with Crippen LogP contribution in [0.2, 0.25) is 0 Å². The minimum absolute atomic E-state index is 0.151. The fourth-order valence-electron chi connectivity index (χ4n) is 2.33. The highest BCUT2D eigenvalue weighted by molar-refractivity contribution is 9.10. The van der Waals surface area contributed by atoms with Gasteiger partial charge >= 0.3 is 0 Å². The van der Waals surface area contributed by atoms with E-state index in [1.807, 2.05) is 31.2 Å². The van der Waals surface area contributed by atoms with E-state index in [1.165, 1.54) is 23.1 Å². The molecule has 0 spiro atoms. The second-order valence-electron chi connectivity index (χ2n) is 5.86. The Hall–Kier alpha value is -2.30. The van der Waals surface area contributed by atoms with Crippen molar-refractivity contribution in [3.05, 3.63) is 46.9 Å². The Labute approximate surface area is 185 Å². The molecule has 10 heteroatoms. The first-order valence-electron chi connectivity index (χ1n) is 8.53. The average Bonchev–Trinajstić information content (AvgIpc) is 3.14. The molecule has 1 unspecified atom stereocenters. The summed E-state index contributed by atoms with van der Waals surface area (Å²) in [4.78, 5) is 12.6. The van der Waals surface area contributed by atoms with Crippen molar-refractivity contribution >= 4 is 61.4 Å². The van der Waals surface area contributed by atoms with E-state index in [0.717, 1.165) is 10.2 Å². The third-order valence-corrected chi connectivity index (χ3v) is 6.26. The first kappa shape index (κ1) is 21.4. The number of hydrogen-bond acceptors (Lipinski definition) is 8. The van der Waals surface area contributed by atoms with Crippen LogP contribution in [-0.4, -0.2) is 35.6 Å². The maximum atomic E-state index is 12.6. The van der Waals surface area contributed by atoms with Crippen molar-refractivity contribution in [2.24, 2.45) is 0 Å². The molecule has 0 aliphatic rings. The van der Waals surface area contributed by atoms with Gasteiger partial charge in [0.25, 0.3) is 0 Å². The molecule has 29 heavy (non-hydrogen) atoms. The summed E-state index contributed by atoms with van der Waals surface area (Å²) in [6.07, 6.45) is 0. The Morgan fingerprint density at radius 1 is 1.10 bits per heavy atom. The second kappa shape index (κ2) is 9.95. The number of ether oxygens (including phenoxy) is 2. The van der Waals surface area contributed by atoms with Crippen LogP contribution in [0.1, 0.15) is 6.92 Å². The van der Waals surface area contributed by atoms with Crippen molar-refractivity contribution in [1.82, 2.24) is 10.2 Å². The molecule has 0 aliphatic carbocycles. The normalized spacial score (nSPS) is 11.6. The zero-order valence-electron chi connectivity index (χ0n) is 15.9.